The second-order valence-corrected chi connectivity index (χ2v) is 7.73. The Morgan fingerprint density at radius 3 is 2.66 bits per heavy atom. The summed E-state index contributed by atoms with van der Waals surface area (Å²) in [6.07, 6.45) is -2.58. The number of thiophene rings is 1. The molecule has 3 heterocycles. The molecule has 1 fully saturated rings. The molecule has 9 heteroatoms. The minimum absolute atomic E-state index is 0.0539. The first kappa shape index (κ1) is 19.5. The maximum absolute atomic E-state index is 13.2. The molecular weight excluding hydrogens is 403 g/mol. The third kappa shape index (κ3) is 4.00. The summed E-state index contributed by atoms with van der Waals surface area (Å²) in [6.45, 7) is 3.08. The molecule has 0 saturated carbocycles. The minimum Gasteiger partial charge on any atom is -0.440 e. The molecule has 1 amide bonds. The van der Waals surface area contributed by atoms with E-state index >= 15 is 0 Å². The number of carbonyl (C=O) groups excluding carboxylic acids is 1. The lowest BCUT2D eigenvalue weighted by Gasteiger charge is -2.22. The third-order valence-corrected chi connectivity index (χ3v) is 5.62. The summed E-state index contributed by atoms with van der Waals surface area (Å²) >= 11 is 1.42. The Hall–Kier alpha value is -2.81. The topological polar surface area (TPSA) is 58.4 Å². The zero-order valence-electron chi connectivity index (χ0n) is 15.5. The van der Waals surface area contributed by atoms with E-state index in [-0.39, 0.29) is 11.4 Å². The van der Waals surface area contributed by atoms with Crippen molar-refractivity contribution >= 4 is 28.6 Å². The molecule has 0 spiro atoms. The van der Waals surface area contributed by atoms with Crippen molar-refractivity contribution in [2.75, 3.05) is 23.3 Å². The van der Waals surface area contributed by atoms with Gasteiger partial charge in [-0.05, 0) is 49.4 Å². The normalized spacial score (nSPS) is 14.4. The number of carbonyl (C=O) groups is 1. The summed E-state index contributed by atoms with van der Waals surface area (Å²) in [4.78, 5) is 19.8. The van der Waals surface area contributed by atoms with Crippen molar-refractivity contribution in [2.24, 2.45) is 0 Å². The zero-order chi connectivity index (χ0) is 20.6. The Morgan fingerprint density at radius 2 is 2.00 bits per heavy atom. The number of alkyl halides is 3. The summed E-state index contributed by atoms with van der Waals surface area (Å²) < 4.78 is 45.2. The maximum Gasteiger partial charge on any atom is 0.416 e. The lowest BCUT2D eigenvalue weighted by molar-refractivity contribution is -0.137. The number of nitrogens with one attached hydrogen (secondary N) is 1. The number of oxazole rings is 1. The summed E-state index contributed by atoms with van der Waals surface area (Å²) in [5, 5.41) is 4.48. The average molecular weight is 421 g/mol. The van der Waals surface area contributed by atoms with Crippen LogP contribution in [0.25, 0.3) is 10.8 Å². The van der Waals surface area contributed by atoms with E-state index in [1.54, 1.807) is 6.92 Å². The number of hydrogen-bond donors (Lipinski definition) is 1. The van der Waals surface area contributed by atoms with Gasteiger partial charge in [0.1, 0.15) is 5.76 Å². The Morgan fingerprint density at radius 1 is 1.24 bits per heavy atom. The van der Waals surface area contributed by atoms with Crippen LogP contribution in [0, 0.1) is 6.92 Å². The van der Waals surface area contributed by atoms with Gasteiger partial charge in [0.2, 0.25) is 5.89 Å². The van der Waals surface area contributed by atoms with E-state index < -0.39 is 17.6 Å². The predicted molar refractivity (Wildman–Crippen MR) is 105 cm³/mol. The molecule has 2 aromatic heterocycles. The fourth-order valence-electron chi connectivity index (χ4n) is 3.34. The van der Waals surface area contributed by atoms with E-state index in [0.717, 1.165) is 42.9 Å². The first-order valence-electron chi connectivity index (χ1n) is 9.12. The number of hydrogen-bond acceptors (Lipinski definition) is 5. The van der Waals surface area contributed by atoms with Crippen molar-refractivity contribution in [3.05, 3.63) is 52.7 Å². The second-order valence-electron chi connectivity index (χ2n) is 6.78. The largest absolute Gasteiger partial charge is 0.440 e. The van der Waals surface area contributed by atoms with Crippen LogP contribution in [-0.4, -0.2) is 24.0 Å². The fraction of sp³-hybridized carbons (Fsp3) is 0.300. The Bertz CT molecular complexity index is 1020. The van der Waals surface area contributed by atoms with Crippen LogP contribution in [0.2, 0.25) is 0 Å². The highest BCUT2D eigenvalue weighted by atomic mass is 32.1. The average Bonchev–Trinajstić information content (AvgIpc) is 3.42. The zero-order valence-corrected chi connectivity index (χ0v) is 16.4. The van der Waals surface area contributed by atoms with Crippen molar-refractivity contribution in [3.8, 4) is 10.8 Å². The second kappa shape index (κ2) is 7.55. The first-order chi connectivity index (χ1) is 13.8. The molecule has 5 nitrogen and oxygen atoms in total. The van der Waals surface area contributed by atoms with E-state index in [9.17, 15) is 18.0 Å². The Labute approximate surface area is 169 Å². The fourth-order valence-corrected chi connectivity index (χ4v) is 3.99. The highest BCUT2D eigenvalue weighted by molar-refractivity contribution is 7.13. The van der Waals surface area contributed by atoms with Crippen LogP contribution in [0.4, 0.5) is 24.5 Å². The van der Waals surface area contributed by atoms with Crippen molar-refractivity contribution in [2.45, 2.75) is 25.9 Å². The van der Waals surface area contributed by atoms with Gasteiger partial charge in [-0.25, -0.2) is 4.98 Å². The lowest BCUT2D eigenvalue weighted by atomic mass is 10.1. The molecule has 1 aliphatic rings. The third-order valence-electron chi connectivity index (χ3n) is 4.76. The molecule has 1 N–H and O–H groups in total. The van der Waals surface area contributed by atoms with Crippen molar-refractivity contribution in [1.29, 1.82) is 0 Å². The molecule has 1 aliphatic heterocycles. The van der Waals surface area contributed by atoms with Crippen LogP contribution in [0.1, 0.15) is 34.7 Å². The number of anilines is 2. The van der Waals surface area contributed by atoms with Gasteiger partial charge in [-0.2, -0.15) is 13.2 Å². The lowest BCUT2D eigenvalue weighted by Crippen LogP contribution is -2.22. The molecule has 4 rings (SSSR count). The van der Waals surface area contributed by atoms with E-state index in [2.05, 4.69) is 10.3 Å². The van der Waals surface area contributed by atoms with Crippen molar-refractivity contribution < 1.29 is 22.4 Å². The molecule has 1 saturated heterocycles. The number of aryl methyl sites for hydroxylation is 1. The summed E-state index contributed by atoms with van der Waals surface area (Å²) in [5.74, 6) is 0.0147. The molecule has 0 unspecified atom stereocenters. The molecule has 1 aromatic carbocycles. The van der Waals surface area contributed by atoms with Crippen LogP contribution in [0.5, 0.6) is 0 Å². The van der Waals surface area contributed by atoms with Crippen LogP contribution in [0.3, 0.4) is 0 Å². The monoisotopic (exact) mass is 421 g/mol. The predicted octanol–water partition coefficient (Wildman–Crippen LogP) is 5.58. The van der Waals surface area contributed by atoms with Gasteiger partial charge in [-0.3, -0.25) is 4.79 Å². The summed E-state index contributed by atoms with van der Waals surface area (Å²) in [6, 6.07) is 7.08. The van der Waals surface area contributed by atoms with Crippen LogP contribution >= 0.6 is 11.3 Å². The van der Waals surface area contributed by atoms with Gasteiger partial charge in [-0.15, -0.1) is 11.3 Å². The first-order valence-corrected chi connectivity index (χ1v) is 10.00. The van der Waals surface area contributed by atoms with Crippen LogP contribution in [-0.2, 0) is 6.18 Å². The minimum atomic E-state index is -4.50. The number of halogens is 3. The highest BCUT2D eigenvalue weighted by Crippen LogP contribution is 2.37. The van der Waals surface area contributed by atoms with Crippen LogP contribution in [0.15, 0.2) is 40.1 Å². The van der Waals surface area contributed by atoms with Gasteiger partial charge in [0.15, 0.2) is 5.69 Å². The highest BCUT2D eigenvalue weighted by Gasteiger charge is 2.32. The quantitative estimate of drug-likeness (QED) is 0.597. The number of benzene rings is 1. The molecule has 29 heavy (non-hydrogen) atoms. The SMILES string of the molecule is Cc1oc(-c2cccs2)nc1C(=O)Nc1cc(C(F)(F)F)ccc1N1CCCC1. The van der Waals surface area contributed by atoms with E-state index in [1.165, 1.54) is 17.4 Å². The van der Waals surface area contributed by atoms with Gasteiger partial charge >= 0.3 is 6.18 Å². The molecule has 3 aromatic rings. The Balaban J connectivity index is 1.66. The Kier molecular flexibility index (Phi) is 5.08. The van der Waals surface area contributed by atoms with E-state index in [4.69, 9.17) is 4.42 Å². The number of amides is 1. The maximum atomic E-state index is 13.2. The standard InChI is InChI=1S/C20H18F3N3O2S/c1-12-17(25-19(28-12)16-5-4-10-29-16)18(27)24-14-11-13(20(21,22)23)6-7-15(14)26-8-2-3-9-26/h4-7,10-11H,2-3,8-9H2,1H3,(H,24,27). The van der Waals surface area contributed by atoms with Crippen molar-refractivity contribution in [3.63, 3.8) is 0 Å². The molecular formula is C20H18F3N3O2S. The summed E-state index contributed by atoms with van der Waals surface area (Å²) in [5.41, 5.74) is -0.0691. The van der Waals surface area contributed by atoms with E-state index in [1.807, 2.05) is 22.4 Å². The molecule has 0 aliphatic carbocycles. The number of aromatic nitrogens is 1. The van der Waals surface area contributed by atoms with Gasteiger partial charge in [0.05, 0.1) is 21.8 Å². The molecule has 0 radical (unpaired) electrons. The van der Waals surface area contributed by atoms with Gasteiger partial charge in [0, 0.05) is 13.1 Å². The van der Waals surface area contributed by atoms with Gasteiger partial charge < -0.3 is 14.6 Å². The van der Waals surface area contributed by atoms with Crippen molar-refractivity contribution in [1.82, 2.24) is 4.98 Å². The smallest absolute Gasteiger partial charge is 0.416 e. The summed E-state index contributed by atoms with van der Waals surface area (Å²) in [7, 11) is 0. The van der Waals surface area contributed by atoms with Gasteiger partial charge in [0.25, 0.3) is 5.91 Å². The number of nitrogens with zero attached hydrogens (tertiary/aromatic N) is 2. The van der Waals surface area contributed by atoms with Gasteiger partial charge in [-0.1, -0.05) is 6.07 Å². The van der Waals surface area contributed by atoms with Crippen LogP contribution < -0.4 is 10.2 Å². The molecule has 152 valence electrons. The number of rotatable bonds is 4. The van der Waals surface area contributed by atoms with E-state index in [0.29, 0.717) is 17.3 Å². The molecule has 0 atom stereocenters. The molecule has 0 bridgehead atoms.